The molecule has 166 valence electrons. The molecule has 0 radical (unpaired) electrons. The van der Waals surface area contributed by atoms with Crippen LogP contribution in [0.5, 0.6) is 11.5 Å². The largest absolute Gasteiger partial charge is 0.493 e. The molecule has 1 aliphatic rings. The van der Waals surface area contributed by atoms with Gasteiger partial charge in [0, 0.05) is 24.5 Å². The van der Waals surface area contributed by atoms with Gasteiger partial charge in [-0.25, -0.2) is 4.98 Å². The van der Waals surface area contributed by atoms with E-state index in [9.17, 15) is 9.90 Å². The Morgan fingerprint density at radius 1 is 1.06 bits per heavy atom. The van der Waals surface area contributed by atoms with Crippen molar-refractivity contribution in [2.45, 2.75) is 18.9 Å². The zero-order chi connectivity index (χ0) is 22.5. The fourth-order valence-electron chi connectivity index (χ4n) is 3.68. The van der Waals surface area contributed by atoms with E-state index in [0.717, 1.165) is 18.4 Å². The van der Waals surface area contributed by atoms with Gasteiger partial charge in [-0.2, -0.15) is 0 Å². The average Bonchev–Trinajstić information content (AvgIpc) is 3.67. The van der Waals surface area contributed by atoms with Crippen LogP contribution in [0.2, 0.25) is 0 Å². The van der Waals surface area contributed by atoms with Crippen molar-refractivity contribution in [1.29, 1.82) is 0 Å². The van der Waals surface area contributed by atoms with Gasteiger partial charge < -0.3 is 19.5 Å². The Bertz CT molecular complexity index is 1070. The van der Waals surface area contributed by atoms with E-state index in [1.807, 2.05) is 30.3 Å². The van der Waals surface area contributed by atoms with Gasteiger partial charge in [0.05, 0.1) is 26.9 Å². The number of methoxy groups -OCH3 is 2. The lowest BCUT2D eigenvalue weighted by molar-refractivity contribution is 0.0605. The van der Waals surface area contributed by atoms with Crippen LogP contribution < -0.4 is 9.47 Å². The van der Waals surface area contributed by atoms with Crippen LogP contribution in [0.25, 0.3) is 11.3 Å². The lowest BCUT2D eigenvalue weighted by Gasteiger charge is -2.26. The van der Waals surface area contributed by atoms with Crippen molar-refractivity contribution in [3.63, 3.8) is 0 Å². The highest BCUT2D eigenvalue weighted by Gasteiger charge is 2.31. The first-order chi connectivity index (χ1) is 15.6. The zero-order valence-corrected chi connectivity index (χ0v) is 18.3. The maximum Gasteiger partial charge on any atom is 0.274 e. The number of aromatic nitrogens is 2. The molecule has 0 spiro atoms. The highest BCUT2D eigenvalue weighted by Crippen LogP contribution is 2.33. The lowest BCUT2D eigenvalue weighted by atomic mass is 10.1. The summed E-state index contributed by atoms with van der Waals surface area (Å²) < 4.78 is 10.6. The molecule has 1 amide bonds. The second-order valence-electron chi connectivity index (χ2n) is 7.90. The summed E-state index contributed by atoms with van der Waals surface area (Å²) in [7, 11) is 3.12. The first-order valence-corrected chi connectivity index (χ1v) is 10.7. The van der Waals surface area contributed by atoms with Crippen molar-refractivity contribution >= 4 is 5.91 Å². The number of nitrogens with zero attached hydrogens (tertiary/aromatic N) is 3. The third-order valence-electron chi connectivity index (χ3n) is 5.60. The molecule has 2 aromatic carbocycles. The van der Waals surface area contributed by atoms with E-state index in [4.69, 9.17) is 9.47 Å². The maximum atomic E-state index is 13.6. The Morgan fingerprint density at radius 3 is 2.47 bits per heavy atom. The minimum absolute atomic E-state index is 0.148. The number of hydrogen-bond acceptors (Lipinski definition) is 6. The van der Waals surface area contributed by atoms with Gasteiger partial charge >= 0.3 is 0 Å². The Morgan fingerprint density at radius 2 is 1.78 bits per heavy atom. The molecule has 1 atom stereocenters. The summed E-state index contributed by atoms with van der Waals surface area (Å²) >= 11 is 0. The predicted octanol–water partition coefficient (Wildman–Crippen LogP) is 3.75. The second kappa shape index (κ2) is 9.78. The molecule has 7 heteroatoms. The van der Waals surface area contributed by atoms with Gasteiger partial charge in [0.25, 0.3) is 5.91 Å². The van der Waals surface area contributed by atoms with Crippen LogP contribution in [0.3, 0.4) is 0 Å². The minimum atomic E-state index is -0.880. The average molecular weight is 434 g/mol. The van der Waals surface area contributed by atoms with E-state index >= 15 is 0 Å². The van der Waals surface area contributed by atoms with Gasteiger partial charge in [0.2, 0.25) is 0 Å². The van der Waals surface area contributed by atoms with Crippen LogP contribution in [-0.4, -0.2) is 53.2 Å². The monoisotopic (exact) mass is 433 g/mol. The highest BCUT2D eigenvalue weighted by molar-refractivity contribution is 5.98. The SMILES string of the molecule is COc1ccc(C(O)CN(CC2CC2)C(=O)c2nccnc2-c2ccccc2)cc1OC. The van der Waals surface area contributed by atoms with Crippen molar-refractivity contribution in [2.75, 3.05) is 27.3 Å². The van der Waals surface area contributed by atoms with E-state index < -0.39 is 6.10 Å². The fourth-order valence-corrected chi connectivity index (χ4v) is 3.68. The Kier molecular flexibility index (Phi) is 6.66. The van der Waals surface area contributed by atoms with Crippen LogP contribution in [-0.2, 0) is 0 Å². The number of rotatable bonds is 9. The van der Waals surface area contributed by atoms with Crippen LogP contribution >= 0.6 is 0 Å². The molecule has 1 aliphatic carbocycles. The fraction of sp³-hybridized carbons (Fsp3) is 0.320. The number of hydrogen-bond donors (Lipinski definition) is 1. The Balaban J connectivity index is 1.60. The van der Waals surface area contributed by atoms with Crippen LogP contribution in [0, 0.1) is 5.92 Å². The number of aliphatic hydroxyl groups is 1. The van der Waals surface area contributed by atoms with Crippen molar-refractivity contribution in [3.8, 4) is 22.8 Å². The molecule has 1 N–H and O–H groups in total. The molecule has 3 aromatic rings. The smallest absolute Gasteiger partial charge is 0.274 e. The summed E-state index contributed by atoms with van der Waals surface area (Å²) in [5.74, 6) is 1.34. The summed E-state index contributed by atoms with van der Waals surface area (Å²) in [6.07, 6.45) is 4.40. The number of amides is 1. The number of aliphatic hydroxyl groups excluding tert-OH is 1. The maximum absolute atomic E-state index is 13.6. The minimum Gasteiger partial charge on any atom is -0.493 e. The standard InChI is InChI=1S/C25H27N3O4/c1-31-21-11-10-19(14-22(21)32-2)20(29)16-28(15-17-8-9-17)25(30)24-23(26-12-13-27-24)18-6-4-3-5-7-18/h3-7,10-14,17,20,29H,8-9,15-16H2,1-2H3. The summed E-state index contributed by atoms with van der Waals surface area (Å²) in [6, 6.07) is 14.8. The van der Waals surface area contributed by atoms with Crippen molar-refractivity contribution in [1.82, 2.24) is 14.9 Å². The molecular weight excluding hydrogens is 406 g/mol. The lowest BCUT2D eigenvalue weighted by Crippen LogP contribution is -2.37. The predicted molar refractivity (Wildman–Crippen MR) is 121 cm³/mol. The van der Waals surface area contributed by atoms with Crippen molar-refractivity contribution in [3.05, 3.63) is 72.2 Å². The number of carbonyl (C=O) groups is 1. The molecule has 1 heterocycles. The molecule has 0 bridgehead atoms. The Labute approximate surface area is 187 Å². The first-order valence-electron chi connectivity index (χ1n) is 10.7. The number of benzene rings is 2. The molecule has 7 nitrogen and oxygen atoms in total. The van der Waals surface area contributed by atoms with E-state index in [1.54, 1.807) is 43.5 Å². The van der Waals surface area contributed by atoms with Gasteiger partial charge in [0.1, 0.15) is 5.69 Å². The highest BCUT2D eigenvalue weighted by atomic mass is 16.5. The molecule has 1 aromatic heterocycles. The quantitative estimate of drug-likeness (QED) is 0.553. The van der Waals surface area contributed by atoms with Crippen molar-refractivity contribution in [2.24, 2.45) is 5.92 Å². The van der Waals surface area contributed by atoms with E-state index in [0.29, 0.717) is 40.9 Å². The van der Waals surface area contributed by atoms with Crippen LogP contribution in [0.1, 0.15) is 35.0 Å². The molecule has 1 fully saturated rings. The summed E-state index contributed by atoms with van der Waals surface area (Å²) in [5.41, 5.74) is 2.31. The van der Waals surface area contributed by atoms with Crippen LogP contribution in [0.15, 0.2) is 60.9 Å². The molecule has 4 rings (SSSR count). The van der Waals surface area contributed by atoms with Crippen molar-refractivity contribution < 1.29 is 19.4 Å². The normalized spacial score (nSPS) is 14.0. The van der Waals surface area contributed by atoms with Gasteiger partial charge in [-0.05, 0) is 36.5 Å². The molecule has 1 saturated carbocycles. The summed E-state index contributed by atoms with van der Waals surface area (Å²) in [5, 5.41) is 11.0. The van der Waals surface area contributed by atoms with Gasteiger partial charge in [-0.15, -0.1) is 0 Å². The first kappa shape index (κ1) is 21.8. The molecule has 0 saturated heterocycles. The summed E-state index contributed by atoms with van der Waals surface area (Å²) in [4.78, 5) is 24.0. The molecule has 0 aliphatic heterocycles. The van der Waals surface area contributed by atoms with E-state index in [1.165, 1.54) is 6.20 Å². The third-order valence-corrected chi connectivity index (χ3v) is 5.60. The number of ether oxygens (including phenoxy) is 2. The number of carbonyl (C=O) groups excluding carboxylic acids is 1. The zero-order valence-electron chi connectivity index (χ0n) is 18.3. The Hall–Kier alpha value is -3.45. The summed E-state index contributed by atoms with van der Waals surface area (Å²) in [6.45, 7) is 0.726. The topological polar surface area (TPSA) is 84.8 Å². The molecule has 32 heavy (non-hydrogen) atoms. The van der Waals surface area contributed by atoms with Crippen LogP contribution in [0.4, 0.5) is 0 Å². The van der Waals surface area contributed by atoms with E-state index in [2.05, 4.69) is 9.97 Å². The van der Waals surface area contributed by atoms with Gasteiger partial charge in [0.15, 0.2) is 17.2 Å². The molecular formula is C25H27N3O4. The van der Waals surface area contributed by atoms with Gasteiger partial charge in [-0.1, -0.05) is 36.4 Å². The second-order valence-corrected chi connectivity index (χ2v) is 7.90. The third kappa shape index (κ3) is 4.89. The van der Waals surface area contributed by atoms with E-state index in [-0.39, 0.29) is 12.5 Å². The molecule has 1 unspecified atom stereocenters. The van der Waals surface area contributed by atoms with Gasteiger partial charge in [-0.3, -0.25) is 9.78 Å².